The van der Waals surface area contributed by atoms with Gasteiger partial charge in [0.25, 0.3) is 11.8 Å². The number of amides is 2. The van der Waals surface area contributed by atoms with Gasteiger partial charge in [0, 0.05) is 5.92 Å². The Bertz CT molecular complexity index is 1410. The average molecular weight is 565 g/mol. The van der Waals surface area contributed by atoms with Crippen LogP contribution in [-0.2, 0) is 9.59 Å². The zero-order chi connectivity index (χ0) is 29.8. The number of nitrogens with zero attached hydrogens (tertiary/aromatic N) is 4. The highest BCUT2D eigenvalue weighted by Crippen LogP contribution is 2.44. The fraction of sp³-hybridized carbons (Fsp3) is 0.371. The molecule has 3 aromatic rings. The Labute approximate surface area is 248 Å². The maximum atomic E-state index is 14.3. The fourth-order valence-electron chi connectivity index (χ4n) is 5.80. The van der Waals surface area contributed by atoms with Crippen LogP contribution in [0.25, 0.3) is 0 Å². The molecule has 2 amide bonds. The summed E-state index contributed by atoms with van der Waals surface area (Å²) in [6.07, 6.45) is 3.16. The van der Waals surface area contributed by atoms with Crippen LogP contribution in [0.4, 0.5) is 11.4 Å². The van der Waals surface area contributed by atoms with Gasteiger partial charge in [0.1, 0.15) is 5.75 Å². The zero-order valence-corrected chi connectivity index (χ0v) is 25.2. The quantitative estimate of drug-likeness (QED) is 0.227. The van der Waals surface area contributed by atoms with E-state index in [-0.39, 0.29) is 11.8 Å². The molecule has 42 heavy (non-hydrogen) atoms. The maximum absolute atomic E-state index is 14.3. The van der Waals surface area contributed by atoms with Crippen LogP contribution in [0.15, 0.2) is 83.0 Å². The van der Waals surface area contributed by atoms with Crippen molar-refractivity contribution in [2.45, 2.75) is 66.2 Å². The third-order valence-electron chi connectivity index (χ3n) is 8.13. The number of carbonyl (C=O) groups is 2. The molecule has 0 radical (unpaired) electrons. The van der Waals surface area contributed by atoms with Crippen LogP contribution in [0.5, 0.6) is 5.75 Å². The third kappa shape index (κ3) is 5.73. The van der Waals surface area contributed by atoms with Crippen molar-refractivity contribution in [3.8, 4) is 5.75 Å². The minimum Gasteiger partial charge on any atom is -0.494 e. The van der Waals surface area contributed by atoms with E-state index in [4.69, 9.17) is 14.9 Å². The molecule has 0 saturated carbocycles. The van der Waals surface area contributed by atoms with Gasteiger partial charge in [0.2, 0.25) is 0 Å². The predicted octanol–water partition coefficient (Wildman–Crippen LogP) is 7.42. The van der Waals surface area contributed by atoms with Crippen LogP contribution in [0.1, 0.15) is 69.1 Å². The minimum atomic E-state index is -0.620. The van der Waals surface area contributed by atoms with Gasteiger partial charge in [-0.3, -0.25) is 9.59 Å². The lowest BCUT2D eigenvalue weighted by atomic mass is 9.71. The van der Waals surface area contributed by atoms with E-state index in [2.05, 4.69) is 6.92 Å². The lowest BCUT2D eigenvalue weighted by Gasteiger charge is -2.29. The monoisotopic (exact) mass is 564 g/mol. The predicted molar refractivity (Wildman–Crippen MR) is 169 cm³/mol. The van der Waals surface area contributed by atoms with Crippen LogP contribution < -0.4 is 14.8 Å². The smallest absolute Gasteiger partial charge is 0.256 e. The summed E-state index contributed by atoms with van der Waals surface area (Å²) in [4.78, 5) is 28.7. The first-order chi connectivity index (χ1) is 20.4. The van der Waals surface area contributed by atoms with E-state index >= 15 is 0 Å². The van der Waals surface area contributed by atoms with Gasteiger partial charge >= 0.3 is 0 Å². The van der Waals surface area contributed by atoms with Crippen molar-refractivity contribution in [3.63, 3.8) is 0 Å². The van der Waals surface area contributed by atoms with Crippen molar-refractivity contribution in [1.29, 1.82) is 0 Å². The van der Waals surface area contributed by atoms with Crippen LogP contribution in [0.3, 0.4) is 0 Å². The van der Waals surface area contributed by atoms with Crippen molar-refractivity contribution in [2.24, 2.45) is 22.0 Å². The molecule has 0 spiro atoms. The molecule has 218 valence electrons. The number of hydrogen-bond acceptors (Lipinski definition) is 5. The Balaban J connectivity index is 1.60. The molecule has 0 aromatic heterocycles. The van der Waals surface area contributed by atoms with E-state index < -0.39 is 17.8 Å². The first-order valence-electron chi connectivity index (χ1n) is 15.0. The number of hydrazone groups is 2. The molecule has 0 bridgehead atoms. The Kier molecular flexibility index (Phi) is 8.86. The molecule has 7 heteroatoms. The van der Waals surface area contributed by atoms with Crippen LogP contribution in [0.2, 0.25) is 0 Å². The molecule has 3 aromatic carbocycles. The van der Waals surface area contributed by atoms with E-state index in [9.17, 15) is 9.59 Å². The molecule has 7 nitrogen and oxygen atoms in total. The molecule has 0 N–H and O–H groups in total. The normalized spacial score (nSPS) is 19.3. The molecular formula is C35H40N4O3. The highest BCUT2D eigenvalue weighted by atomic mass is 16.5. The molecule has 2 aliphatic heterocycles. The molecular weight excluding hydrogens is 524 g/mol. The largest absolute Gasteiger partial charge is 0.494 e. The van der Waals surface area contributed by atoms with Gasteiger partial charge in [-0.05, 0) is 75.1 Å². The summed E-state index contributed by atoms with van der Waals surface area (Å²) in [5.41, 5.74) is 6.06. The number of rotatable bonds is 11. The molecule has 5 rings (SSSR count). The second-order valence-corrected chi connectivity index (χ2v) is 11.1. The second-order valence-electron chi connectivity index (χ2n) is 11.1. The number of unbranched alkanes of at least 4 members (excludes halogenated alkanes) is 1. The van der Waals surface area contributed by atoms with E-state index in [1.54, 1.807) is 0 Å². The summed E-state index contributed by atoms with van der Waals surface area (Å²) in [5.74, 6) is -1.26. The van der Waals surface area contributed by atoms with Gasteiger partial charge < -0.3 is 4.74 Å². The molecule has 2 heterocycles. The first-order valence-corrected chi connectivity index (χ1v) is 15.0. The summed E-state index contributed by atoms with van der Waals surface area (Å²) in [6.45, 7) is 10.8. The van der Waals surface area contributed by atoms with Gasteiger partial charge in [0.15, 0.2) is 0 Å². The van der Waals surface area contributed by atoms with Crippen molar-refractivity contribution in [1.82, 2.24) is 0 Å². The molecule has 2 atom stereocenters. The summed E-state index contributed by atoms with van der Waals surface area (Å²) in [6, 6.07) is 23.5. The Morgan fingerprint density at radius 2 is 1.24 bits per heavy atom. The summed E-state index contributed by atoms with van der Waals surface area (Å²) < 4.78 is 6.07. The first kappa shape index (κ1) is 29.2. The van der Waals surface area contributed by atoms with Crippen molar-refractivity contribution in [3.05, 3.63) is 89.5 Å². The number of ether oxygens (including phenoxy) is 1. The Hall–Kier alpha value is -4.26. The molecule has 2 unspecified atom stereocenters. The molecule has 2 aliphatic rings. The van der Waals surface area contributed by atoms with Gasteiger partial charge in [-0.25, -0.2) is 10.0 Å². The van der Waals surface area contributed by atoms with Crippen LogP contribution in [0, 0.1) is 25.7 Å². The topological polar surface area (TPSA) is 74.6 Å². The van der Waals surface area contributed by atoms with E-state index in [1.807, 2.05) is 100 Å². The minimum absolute atomic E-state index is 0.130. The van der Waals surface area contributed by atoms with Crippen LogP contribution in [-0.4, -0.2) is 29.8 Å². The van der Waals surface area contributed by atoms with E-state index in [0.29, 0.717) is 19.4 Å². The van der Waals surface area contributed by atoms with E-state index in [1.165, 1.54) is 10.0 Å². The Morgan fingerprint density at radius 3 is 1.69 bits per heavy atom. The van der Waals surface area contributed by atoms with Gasteiger partial charge in [0.05, 0.1) is 41.2 Å². The SMILES string of the molecule is CCCCOc1cccc(C(C2C(=O)N(c3ccc(C)cc3)N=C2CC)C2C(=O)N(c3ccc(C)cc3)N=C2CC)c1. The summed E-state index contributed by atoms with van der Waals surface area (Å²) in [5, 5.41) is 12.7. The number of anilines is 2. The van der Waals surface area contributed by atoms with Gasteiger partial charge in [-0.2, -0.15) is 10.2 Å². The third-order valence-corrected chi connectivity index (χ3v) is 8.13. The standard InChI is InChI=1S/C35H40N4O3/c1-6-9-21-42-28-12-10-11-25(22-28)31(32-29(7-2)36-38(34(32)40)26-17-13-23(4)14-18-26)33-30(8-3)37-39(35(33)41)27-19-15-24(5)16-20-27/h10-20,22,31-33H,6-9,21H2,1-5H3. The highest BCUT2D eigenvalue weighted by molar-refractivity contribution is 6.20. The van der Waals surface area contributed by atoms with Crippen LogP contribution >= 0.6 is 0 Å². The lowest BCUT2D eigenvalue weighted by molar-refractivity contribution is -0.122. The van der Waals surface area contributed by atoms with Gasteiger partial charge in [-0.1, -0.05) is 74.7 Å². The summed E-state index contributed by atoms with van der Waals surface area (Å²) >= 11 is 0. The average Bonchev–Trinajstić information content (AvgIpc) is 3.51. The molecule has 0 fully saturated rings. The van der Waals surface area contributed by atoms with Crippen molar-refractivity contribution < 1.29 is 14.3 Å². The second kappa shape index (κ2) is 12.7. The highest BCUT2D eigenvalue weighted by Gasteiger charge is 2.51. The van der Waals surface area contributed by atoms with E-state index in [0.717, 1.165) is 58.1 Å². The Morgan fingerprint density at radius 1 is 0.738 bits per heavy atom. The fourth-order valence-corrected chi connectivity index (χ4v) is 5.80. The summed E-state index contributed by atoms with van der Waals surface area (Å²) in [7, 11) is 0. The molecule has 0 aliphatic carbocycles. The number of carbonyl (C=O) groups excluding carboxylic acids is 2. The van der Waals surface area contributed by atoms with Crippen molar-refractivity contribution in [2.75, 3.05) is 16.6 Å². The maximum Gasteiger partial charge on any atom is 0.256 e. The lowest BCUT2D eigenvalue weighted by Crippen LogP contribution is -2.40. The zero-order valence-electron chi connectivity index (χ0n) is 25.2. The number of hydrogen-bond donors (Lipinski definition) is 0. The van der Waals surface area contributed by atoms with Crippen molar-refractivity contribution >= 4 is 34.6 Å². The van der Waals surface area contributed by atoms with Gasteiger partial charge in [-0.15, -0.1) is 0 Å². The molecule has 0 saturated heterocycles. The number of benzene rings is 3. The number of aryl methyl sites for hydroxylation is 2.